The van der Waals surface area contributed by atoms with E-state index in [2.05, 4.69) is 0 Å². The highest BCUT2D eigenvalue weighted by Crippen LogP contribution is 2.27. The van der Waals surface area contributed by atoms with E-state index in [0.717, 1.165) is 6.29 Å². The molecule has 0 aliphatic rings. The van der Waals surface area contributed by atoms with Gasteiger partial charge < -0.3 is 9.47 Å². The summed E-state index contributed by atoms with van der Waals surface area (Å²) in [5.41, 5.74) is 0.480. The molecule has 0 saturated carbocycles. The number of carbonyl (C=O) groups is 1. The van der Waals surface area contributed by atoms with E-state index >= 15 is 0 Å². The van der Waals surface area contributed by atoms with Crippen LogP contribution in [0.4, 0.5) is 0 Å². The van der Waals surface area contributed by atoms with Crippen LogP contribution in [-0.2, 0) is 0 Å². The van der Waals surface area contributed by atoms with Crippen LogP contribution in [0.15, 0.2) is 18.2 Å². The molecule has 1 rings (SSSR count). The molecule has 0 unspecified atom stereocenters. The summed E-state index contributed by atoms with van der Waals surface area (Å²) in [5, 5.41) is 0. The van der Waals surface area contributed by atoms with Gasteiger partial charge in [-0.2, -0.15) is 0 Å². The van der Waals surface area contributed by atoms with Crippen LogP contribution in [0.3, 0.4) is 0 Å². The van der Waals surface area contributed by atoms with Gasteiger partial charge in [0.25, 0.3) is 0 Å². The largest absolute Gasteiger partial charge is 0.493 e. The Morgan fingerprint density at radius 3 is 2.53 bits per heavy atom. The number of rotatable bonds is 5. The Hall–Kier alpha value is -1.51. The van der Waals surface area contributed by atoms with Crippen LogP contribution in [0, 0.1) is 0 Å². The summed E-state index contributed by atoms with van der Waals surface area (Å²) in [7, 11) is 0. The molecule has 3 nitrogen and oxygen atoms in total. The van der Waals surface area contributed by atoms with Gasteiger partial charge in [-0.25, -0.2) is 0 Å². The Kier molecular flexibility index (Phi) is 4.16. The molecular weight excluding hydrogens is 192 g/mol. The molecule has 0 aromatic heterocycles. The third-order valence-corrected chi connectivity index (χ3v) is 1.81. The van der Waals surface area contributed by atoms with Gasteiger partial charge in [-0.1, -0.05) is 6.07 Å². The lowest BCUT2D eigenvalue weighted by Gasteiger charge is -2.14. The zero-order valence-corrected chi connectivity index (χ0v) is 9.32. The van der Waals surface area contributed by atoms with Crippen molar-refractivity contribution in [3.8, 4) is 11.5 Å². The van der Waals surface area contributed by atoms with E-state index < -0.39 is 0 Å². The predicted octanol–water partition coefficient (Wildman–Crippen LogP) is 2.69. The molecular formula is C12H16O3. The van der Waals surface area contributed by atoms with Gasteiger partial charge in [-0.15, -0.1) is 0 Å². The van der Waals surface area contributed by atoms with Crippen LogP contribution in [0.5, 0.6) is 11.5 Å². The zero-order valence-electron chi connectivity index (χ0n) is 9.32. The van der Waals surface area contributed by atoms with Gasteiger partial charge in [-0.3, -0.25) is 4.79 Å². The second-order valence-electron chi connectivity index (χ2n) is 3.39. The quantitative estimate of drug-likeness (QED) is 0.698. The fourth-order valence-corrected chi connectivity index (χ4v) is 1.28. The molecule has 1 aromatic carbocycles. The van der Waals surface area contributed by atoms with Crippen LogP contribution in [0.1, 0.15) is 31.1 Å². The first-order valence-corrected chi connectivity index (χ1v) is 5.06. The highest BCUT2D eigenvalue weighted by molar-refractivity contribution is 5.83. The number of aldehydes is 1. The minimum Gasteiger partial charge on any atom is -0.493 e. The molecule has 15 heavy (non-hydrogen) atoms. The van der Waals surface area contributed by atoms with Crippen molar-refractivity contribution in [2.45, 2.75) is 26.9 Å². The molecule has 0 amide bonds. The molecule has 0 bridgehead atoms. The van der Waals surface area contributed by atoms with Crippen molar-refractivity contribution in [2.24, 2.45) is 0 Å². The van der Waals surface area contributed by atoms with Gasteiger partial charge in [0.15, 0.2) is 6.29 Å². The van der Waals surface area contributed by atoms with Crippen LogP contribution in [0.2, 0.25) is 0 Å². The maximum Gasteiger partial charge on any atom is 0.157 e. The van der Waals surface area contributed by atoms with Crippen molar-refractivity contribution < 1.29 is 14.3 Å². The highest BCUT2D eigenvalue weighted by atomic mass is 16.5. The highest BCUT2D eigenvalue weighted by Gasteiger charge is 2.10. The number of hydrogen-bond acceptors (Lipinski definition) is 3. The van der Waals surface area contributed by atoms with Gasteiger partial charge in [0.05, 0.1) is 18.3 Å². The van der Waals surface area contributed by atoms with Crippen molar-refractivity contribution in [1.29, 1.82) is 0 Å². The molecule has 0 atom stereocenters. The Balaban J connectivity index is 3.04. The third kappa shape index (κ3) is 2.98. The third-order valence-electron chi connectivity index (χ3n) is 1.81. The topological polar surface area (TPSA) is 35.5 Å². The van der Waals surface area contributed by atoms with E-state index in [1.165, 1.54) is 0 Å². The monoisotopic (exact) mass is 208 g/mol. The molecule has 0 saturated heterocycles. The normalized spacial score (nSPS) is 10.1. The number of carbonyl (C=O) groups excluding carboxylic acids is 1. The van der Waals surface area contributed by atoms with Crippen molar-refractivity contribution in [3.05, 3.63) is 23.8 Å². The lowest BCUT2D eigenvalue weighted by Crippen LogP contribution is -2.08. The summed E-state index contributed by atoms with van der Waals surface area (Å²) < 4.78 is 10.9. The standard InChI is InChI=1S/C12H16O3/c1-4-14-11-6-5-7-12(10(11)8-13)15-9(2)3/h5-9H,4H2,1-3H3. The van der Waals surface area contributed by atoms with E-state index in [1.54, 1.807) is 12.1 Å². The van der Waals surface area contributed by atoms with Crippen molar-refractivity contribution >= 4 is 6.29 Å². The first kappa shape index (κ1) is 11.6. The van der Waals surface area contributed by atoms with Gasteiger partial charge in [0.2, 0.25) is 0 Å². The lowest BCUT2D eigenvalue weighted by molar-refractivity contribution is 0.111. The minimum atomic E-state index is 0.0422. The first-order chi connectivity index (χ1) is 7.19. The predicted molar refractivity (Wildman–Crippen MR) is 58.8 cm³/mol. The van der Waals surface area contributed by atoms with Crippen LogP contribution >= 0.6 is 0 Å². The van der Waals surface area contributed by atoms with Crippen LogP contribution in [-0.4, -0.2) is 19.0 Å². The average Bonchev–Trinajstić information content (AvgIpc) is 2.18. The molecule has 0 aliphatic heterocycles. The Bertz CT molecular complexity index is 332. The van der Waals surface area contributed by atoms with Crippen molar-refractivity contribution in [2.75, 3.05) is 6.61 Å². The van der Waals surface area contributed by atoms with E-state index in [0.29, 0.717) is 23.7 Å². The van der Waals surface area contributed by atoms with Crippen molar-refractivity contribution in [3.63, 3.8) is 0 Å². The van der Waals surface area contributed by atoms with E-state index in [-0.39, 0.29) is 6.10 Å². The number of benzene rings is 1. The van der Waals surface area contributed by atoms with Gasteiger partial charge in [0.1, 0.15) is 11.5 Å². The first-order valence-electron chi connectivity index (χ1n) is 5.06. The number of hydrogen-bond donors (Lipinski definition) is 0. The van der Waals surface area contributed by atoms with Gasteiger partial charge >= 0.3 is 0 Å². The Labute approximate surface area is 90.0 Å². The van der Waals surface area contributed by atoms with Crippen LogP contribution < -0.4 is 9.47 Å². The van der Waals surface area contributed by atoms with E-state index in [1.807, 2.05) is 26.8 Å². The molecule has 0 radical (unpaired) electrons. The second-order valence-corrected chi connectivity index (χ2v) is 3.39. The second kappa shape index (κ2) is 5.39. The SMILES string of the molecule is CCOc1cccc(OC(C)C)c1C=O. The number of ether oxygens (including phenoxy) is 2. The fraction of sp³-hybridized carbons (Fsp3) is 0.417. The van der Waals surface area contributed by atoms with Gasteiger partial charge in [0, 0.05) is 0 Å². The maximum atomic E-state index is 10.9. The maximum absolute atomic E-state index is 10.9. The molecule has 0 aliphatic carbocycles. The molecule has 0 N–H and O–H groups in total. The van der Waals surface area contributed by atoms with E-state index in [9.17, 15) is 4.79 Å². The van der Waals surface area contributed by atoms with Crippen molar-refractivity contribution in [1.82, 2.24) is 0 Å². The summed E-state index contributed by atoms with van der Waals surface area (Å²) in [5.74, 6) is 1.15. The van der Waals surface area contributed by atoms with Crippen LogP contribution in [0.25, 0.3) is 0 Å². The fourth-order valence-electron chi connectivity index (χ4n) is 1.28. The van der Waals surface area contributed by atoms with Gasteiger partial charge in [-0.05, 0) is 32.9 Å². The molecule has 0 fully saturated rings. The lowest BCUT2D eigenvalue weighted by atomic mass is 10.2. The molecule has 0 heterocycles. The molecule has 3 heteroatoms. The summed E-state index contributed by atoms with van der Waals surface area (Å²) in [6.07, 6.45) is 0.809. The Morgan fingerprint density at radius 2 is 2.00 bits per heavy atom. The molecule has 0 spiro atoms. The zero-order chi connectivity index (χ0) is 11.3. The van der Waals surface area contributed by atoms with E-state index in [4.69, 9.17) is 9.47 Å². The Morgan fingerprint density at radius 1 is 1.33 bits per heavy atom. The summed E-state index contributed by atoms with van der Waals surface area (Å²) in [4.78, 5) is 10.9. The smallest absolute Gasteiger partial charge is 0.157 e. The summed E-state index contributed by atoms with van der Waals surface area (Å²) >= 11 is 0. The summed E-state index contributed by atoms with van der Waals surface area (Å²) in [6, 6.07) is 5.35. The molecule has 1 aromatic rings. The summed E-state index contributed by atoms with van der Waals surface area (Å²) in [6.45, 7) is 6.25. The molecule has 82 valence electrons. The minimum absolute atomic E-state index is 0.0422. The average molecular weight is 208 g/mol.